The summed E-state index contributed by atoms with van der Waals surface area (Å²) >= 11 is 0. The van der Waals surface area contributed by atoms with Crippen molar-refractivity contribution in [3.05, 3.63) is 76.8 Å². The molecule has 0 bridgehead atoms. The van der Waals surface area contributed by atoms with Crippen molar-refractivity contribution in [1.82, 2.24) is 14.5 Å². The van der Waals surface area contributed by atoms with E-state index in [0.717, 1.165) is 17.4 Å². The highest BCUT2D eigenvalue weighted by molar-refractivity contribution is 7.90. The van der Waals surface area contributed by atoms with E-state index in [1.807, 2.05) is 43.3 Å². The fraction of sp³-hybridized carbons (Fsp3) is 0.250. The Morgan fingerprint density at radius 1 is 1.06 bits per heavy atom. The number of benzene rings is 2. The number of hydrogen-bond acceptors (Lipinski definition) is 6. The second kappa shape index (κ2) is 9.11. The molecular weight excluding hydrogens is 442 g/mol. The van der Waals surface area contributed by atoms with Gasteiger partial charge in [0.15, 0.2) is 17.1 Å². The third kappa shape index (κ3) is 4.78. The summed E-state index contributed by atoms with van der Waals surface area (Å²) in [5.41, 5.74) is 2.87. The van der Waals surface area contributed by atoms with Crippen molar-refractivity contribution in [3.63, 3.8) is 0 Å². The SMILES string of the molecule is CCOc1cc([C@@H](CS(C)(=O)=O)n2c(=O)[nH]c3cc(-c4ccccc4)cnc32)ccc1OC. The first kappa shape index (κ1) is 22.6. The lowest BCUT2D eigenvalue weighted by atomic mass is 10.1. The number of H-pyrrole nitrogens is 1. The van der Waals surface area contributed by atoms with Crippen LogP contribution in [0.2, 0.25) is 0 Å². The highest BCUT2D eigenvalue weighted by Gasteiger charge is 2.25. The minimum Gasteiger partial charge on any atom is -0.493 e. The van der Waals surface area contributed by atoms with Crippen molar-refractivity contribution >= 4 is 21.0 Å². The summed E-state index contributed by atoms with van der Waals surface area (Å²) in [4.78, 5) is 20.4. The molecule has 8 nitrogen and oxygen atoms in total. The van der Waals surface area contributed by atoms with Gasteiger partial charge < -0.3 is 14.5 Å². The molecule has 4 rings (SSSR count). The summed E-state index contributed by atoms with van der Waals surface area (Å²) < 4.78 is 37.1. The van der Waals surface area contributed by atoms with E-state index in [0.29, 0.717) is 34.8 Å². The van der Waals surface area contributed by atoms with Gasteiger partial charge in [0.25, 0.3) is 0 Å². The number of hydrogen-bond donors (Lipinski definition) is 1. The monoisotopic (exact) mass is 467 g/mol. The van der Waals surface area contributed by atoms with Gasteiger partial charge in [-0.05, 0) is 36.2 Å². The summed E-state index contributed by atoms with van der Waals surface area (Å²) in [6, 6.07) is 15.9. The smallest absolute Gasteiger partial charge is 0.328 e. The van der Waals surface area contributed by atoms with Gasteiger partial charge in [-0.1, -0.05) is 36.4 Å². The van der Waals surface area contributed by atoms with Gasteiger partial charge in [0.05, 0.1) is 31.0 Å². The summed E-state index contributed by atoms with van der Waals surface area (Å²) in [7, 11) is -1.92. The van der Waals surface area contributed by atoms with Gasteiger partial charge in [-0.15, -0.1) is 0 Å². The lowest BCUT2D eigenvalue weighted by Crippen LogP contribution is -2.28. The average Bonchev–Trinajstić information content (AvgIpc) is 3.12. The molecule has 0 amide bonds. The number of sulfone groups is 1. The summed E-state index contributed by atoms with van der Waals surface area (Å²) in [5, 5.41) is 0. The summed E-state index contributed by atoms with van der Waals surface area (Å²) in [5.74, 6) is 0.721. The molecule has 0 aliphatic rings. The molecule has 1 N–H and O–H groups in total. The number of nitrogens with one attached hydrogen (secondary N) is 1. The number of aromatic nitrogens is 3. The lowest BCUT2D eigenvalue weighted by molar-refractivity contribution is 0.310. The van der Waals surface area contributed by atoms with Gasteiger partial charge in [-0.2, -0.15) is 0 Å². The van der Waals surface area contributed by atoms with Crippen molar-refractivity contribution in [1.29, 1.82) is 0 Å². The Morgan fingerprint density at radius 3 is 2.48 bits per heavy atom. The molecule has 2 heterocycles. The molecule has 0 unspecified atom stereocenters. The molecular formula is C24H25N3O5S. The van der Waals surface area contributed by atoms with Crippen LogP contribution in [0.1, 0.15) is 18.5 Å². The molecule has 9 heteroatoms. The van der Waals surface area contributed by atoms with Gasteiger partial charge in [-0.3, -0.25) is 4.57 Å². The first-order valence-electron chi connectivity index (χ1n) is 10.4. The molecule has 0 saturated heterocycles. The molecule has 0 aliphatic heterocycles. The predicted octanol–water partition coefficient (Wildman–Crippen LogP) is 3.43. The van der Waals surface area contributed by atoms with Crippen molar-refractivity contribution in [3.8, 4) is 22.6 Å². The molecule has 2 aromatic heterocycles. The van der Waals surface area contributed by atoms with Crippen molar-refractivity contribution in [2.24, 2.45) is 0 Å². The second-order valence-corrected chi connectivity index (χ2v) is 9.90. The van der Waals surface area contributed by atoms with E-state index in [2.05, 4.69) is 9.97 Å². The van der Waals surface area contributed by atoms with Gasteiger partial charge in [-0.25, -0.2) is 18.2 Å². The minimum atomic E-state index is -3.45. The van der Waals surface area contributed by atoms with Crippen molar-refractivity contribution in [2.75, 3.05) is 25.7 Å². The number of fused-ring (bicyclic) bond motifs is 1. The van der Waals surface area contributed by atoms with Crippen LogP contribution in [0.3, 0.4) is 0 Å². The van der Waals surface area contributed by atoms with Crippen molar-refractivity contribution in [2.45, 2.75) is 13.0 Å². The van der Waals surface area contributed by atoms with E-state index >= 15 is 0 Å². The quantitative estimate of drug-likeness (QED) is 0.426. The molecule has 0 saturated carbocycles. The molecule has 172 valence electrons. The summed E-state index contributed by atoms with van der Waals surface area (Å²) in [6.07, 6.45) is 2.83. The zero-order valence-corrected chi connectivity index (χ0v) is 19.4. The number of methoxy groups -OCH3 is 1. The Balaban J connectivity index is 1.88. The maximum Gasteiger partial charge on any atom is 0.328 e. The standard InChI is InChI=1S/C24H25N3O5S/c1-4-32-22-13-17(10-11-21(22)31-2)20(15-33(3,29)30)27-23-19(26-24(27)28)12-18(14-25-23)16-8-6-5-7-9-16/h5-14,20H,4,15H2,1-3H3,(H,26,28)/t20-/m1/s1. The van der Waals surface area contributed by atoms with Gasteiger partial charge in [0, 0.05) is 18.0 Å². The zero-order valence-electron chi connectivity index (χ0n) is 18.6. The van der Waals surface area contributed by atoms with E-state index in [-0.39, 0.29) is 5.75 Å². The first-order chi connectivity index (χ1) is 15.8. The Labute approximate surface area is 191 Å². The van der Waals surface area contributed by atoms with Crippen LogP contribution >= 0.6 is 0 Å². The highest BCUT2D eigenvalue weighted by Crippen LogP contribution is 2.33. The minimum absolute atomic E-state index is 0.278. The fourth-order valence-corrected chi connectivity index (χ4v) is 4.78. The van der Waals surface area contributed by atoms with E-state index in [9.17, 15) is 13.2 Å². The summed E-state index contributed by atoms with van der Waals surface area (Å²) in [6.45, 7) is 2.26. The maximum atomic E-state index is 13.0. The maximum absolute atomic E-state index is 13.0. The van der Waals surface area contributed by atoms with Crippen LogP contribution in [0.15, 0.2) is 65.6 Å². The van der Waals surface area contributed by atoms with E-state index in [1.54, 1.807) is 24.4 Å². The Bertz CT molecular complexity index is 1440. The highest BCUT2D eigenvalue weighted by atomic mass is 32.2. The topological polar surface area (TPSA) is 103 Å². The van der Waals surface area contributed by atoms with E-state index < -0.39 is 21.6 Å². The molecule has 4 aromatic rings. The van der Waals surface area contributed by atoms with Gasteiger partial charge in [0.1, 0.15) is 9.84 Å². The van der Waals surface area contributed by atoms with Crippen molar-refractivity contribution < 1.29 is 17.9 Å². The number of rotatable bonds is 8. The van der Waals surface area contributed by atoms with Crippen LogP contribution in [0.25, 0.3) is 22.3 Å². The number of nitrogens with zero attached hydrogens (tertiary/aromatic N) is 2. The average molecular weight is 468 g/mol. The zero-order chi connectivity index (χ0) is 23.6. The molecule has 33 heavy (non-hydrogen) atoms. The first-order valence-corrected chi connectivity index (χ1v) is 12.5. The number of pyridine rings is 1. The normalized spacial score (nSPS) is 12.6. The molecule has 0 aliphatic carbocycles. The van der Waals surface area contributed by atoms with E-state index in [4.69, 9.17) is 9.47 Å². The van der Waals surface area contributed by atoms with Crippen LogP contribution in [-0.2, 0) is 9.84 Å². The van der Waals surface area contributed by atoms with Crippen LogP contribution in [0.4, 0.5) is 0 Å². The molecule has 2 aromatic carbocycles. The number of imidazole rings is 1. The molecule has 0 radical (unpaired) electrons. The largest absolute Gasteiger partial charge is 0.493 e. The van der Waals surface area contributed by atoms with Crippen LogP contribution < -0.4 is 15.2 Å². The number of ether oxygens (including phenoxy) is 2. The predicted molar refractivity (Wildman–Crippen MR) is 128 cm³/mol. The molecule has 0 spiro atoms. The molecule has 0 fully saturated rings. The number of aromatic amines is 1. The van der Waals surface area contributed by atoms with E-state index in [1.165, 1.54) is 11.7 Å². The van der Waals surface area contributed by atoms with Crippen LogP contribution in [-0.4, -0.2) is 48.7 Å². The molecule has 1 atom stereocenters. The lowest BCUT2D eigenvalue weighted by Gasteiger charge is -2.20. The van der Waals surface area contributed by atoms with Crippen LogP contribution in [0.5, 0.6) is 11.5 Å². The fourth-order valence-electron chi connectivity index (χ4n) is 3.87. The van der Waals surface area contributed by atoms with Gasteiger partial charge in [0.2, 0.25) is 0 Å². The Morgan fingerprint density at radius 2 is 1.82 bits per heavy atom. The third-order valence-electron chi connectivity index (χ3n) is 5.31. The Kier molecular flexibility index (Phi) is 6.24. The third-order valence-corrected chi connectivity index (χ3v) is 6.23. The van der Waals surface area contributed by atoms with Gasteiger partial charge >= 0.3 is 5.69 Å². The van der Waals surface area contributed by atoms with Crippen LogP contribution in [0, 0.1) is 0 Å². The Hall–Kier alpha value is -3.59. The second-order valence-electron chi connectivity index (χ2n) is 7.71.